The maximum absolute atomic E-state index is 13.7. The Morgan fingerprint density at radius 2 is 2.00 bits per heavy atom. The molecule has 0 amide bonds. The van der Waals surface area contributed by atoms with Gasteiger partial charge in [-0.05, 0) is 29.5 Å². The summed E-state index contributed by atoms with van der Waals surface area (Å²) in [6.45, 7) is 1.73. The van der Waals surface area contributed by atoms with E-state index in [0.717, 1.165) is 0 Å². The van der Waals surface area contributed by atoms with Crippen LogP contribution in [0.15, 0.2) is 47.8 Å². The van der Waals surface area contributed by atoms with Gasteiger partial charge >= 0.3 is 11.2 Å². The molecule has 0 saturated carbocycles. The van der Waals surface area contributed by atoms with E-state index in [0.29, 0.717) is 27.6 Å². The number of carboxylic acids is 1. The van der Waals surface area contributed by atoms with Crippen LogP contribution < -0.4 is 5.59 Å². The van der Waals surface area contributed by atoms with Crippen LogP contribution >= 0.6 is 11.8 Å². The van der Waals surface area contributed by atoms with E-state index in [-0.39, 0.29) is 16.9 Å². The molecule has 2 aromatic carbocycles. The number of carboxylic acid groups (broad SMARTS) is 1. The summed E-state index contributed by atoms with van der Waals surface area (Å²) in [5, 5.41) is 15.2. The van der Waals surface area contributed by atoms with Crippen molar-refractivity contribution in [2.24, 2.45) is 0 Å². The molecular formula is C17H11BF2N3O2S. The fourth-order valence-corrected chi connectivity index (χ4v) is 3.32. The number of nitrogens with zero attached hydrogens (tertiary/aromatic N) is 3. The second-order valence-electron chi connectivity index (χ2n) is 5.30. The number of imidazole rings is 1. The first-order chi connectivity index (χ1) is 12.4. The topological polar surface area (TPSA) is 78.9 Å². The van der Waals surface area contributed by atoms with E-state index in [2.05, 4.69) is 11.1 Å². The van der Waals surface area contributed by atoms with Crippen molar-refractivity contribution in [2.45, 2.75) is 17.2 Å². The average molecular weight is 370 g/mol. The first-order valence-corrected chi connectivity index (χ1v) is 8.30. The summed E-state index contributed by atoms with van der Waals surface area (Å²) in [4.78, 5) is 14.8. The molecule has 0 atom stereocenters. The molecule has 0 aliphatic rings. The number of aromatic nitrogens is 2. The number of halogens is 2. The first kappa shape index (κ1) is 18.0. The second kappa shape index (κ2) is 6.80. The summed E-state index contributed by atoms with van der Waals surface area (Å²) >= 11 is -0.136. The minimum absolute atomic E-state index is 0.136. The number of aliphatic carboxylic acids is 1. The normalized spacial score (nSPS) is 11.3. The van der Waals surface area contributed by atoms with Gasteiger partial charge in [0.15, 0.2) is 12.4 Å². The molecule has 9 heteroatoms. The predicted octanol–water partition coefficient (Wildman–Crippen LogP) is 3.04. The molecular weight excluding hydrogens is 359 g/mol. The number of hydrogen-bond donors (Lipinski definition) is 1. The zero-order chi connectivity index (χ0) is 18.9. The standard InChI is InChI=1S/C17H11BF2N3O2S/c1-18-14-9-22-16(26-17(19,20)15(24)25)23(14)13-7-6-10(8-21)11-4-2-3-5-12(11)13/h2-7,9H,1H3,(H,24,25). The van der Waals surface area contributed by atoms with Crippen molar-refractivity contribution in [3.05, 3.63) is 48.2 Å². The molecule has 0 aliphatic heterocycles. The smallest absolute Gasteiger partial charge is 0.395 e. The van der Waals surface area contributed by atoms with Crippen LogP contribution in [0.1, 0.15) is 5.56 Å². The second-order valence-corrected chi connectivity index (χ2v) is 6.39. The largest absolute Gasteiger partial charge is 0.476 e. The van der Waals surface area contributed by atoms with Crippen molar-refractivity contribution in [1.82, 2.24) is 9.55 Å². The highest BCUT2D eigenvalue weighted by Gasteiger charge is 2.42. The SMILES string of the molecule is C[B]c1cnc(SC(F)(F)C(=O)O)n1-c1ccc(C#N)c2ccccc12. The molecule has 0 unspecified atom stereocenters. The Labute approximate surface area is 152 Å². The quantitative estimate of drug-likeness (QED) is 0.552. The lowest BCUT2D eigenvalue weighted by Crippen LogP contribution is -2.26. The highest BCUT2D eigenvalue weighted by atomic mass is 32.2. The lowest BCUT2D eigenvalue weighted by Gasteiger charge is -2.16. The van der Waals surface area contributed by atoms with E-state index in [1.165, 1.54) is 10.8 Å². The summed E-state index contributed by atoms with van der Waals surface area (Å²) in [7, 11) is 1.68. The minimum Gasteiger partial charge on any atom is -0.476 e. The predicted molar refractivity (Wildman–Crippen MR) is 95.5 cm³/mol. The molecule has 1 aromatic heterocycles. The van der Waals surface area contributed by atoms with Crippen molar-refractivity contribution < 1.29 is 18.7 Å². The van der Waals surface area contributed by atoms with Crippen LogP contribution in [0.3, 0.4) is 0 Å². The Morgan fingerprint density at radius 3 is 2.62 bits per heavy atom. The van der Waals surface area contributed by atoms with Crippen LogP contribution in [-0.4, -0.2) is 33.2 Å². The van der Waals surface area contributed by atoms with Crippen LogP contribution in [0, 0.1) is 11.3 Å². The van der Waals surface area contributed by atoms with Gasteiger partial charge in [0.2, 0.25) is 0 Å². The van der Waals surface area contributed by atoms with Gasteiger partial charge in [0.1, 0.15) is 0 Å². The molecule has 0 aliphatic carbocycles. The number of benzene rings is 2. The van der Waals surface area contributed by atoms with E-state index < -0.39 is 11.2 Å². The molecule has 1 heterocycles. The van der Waals surface area contributed by atoms with Gasteiger partial charge in [-0.1, -0.05) is 31.1 Å². The van der Waals surface area contributed by atoms with Crippen molar-refractivity contribution in [2.75, 3.05) is 0 Å². The summed E-state index contributed by atoms with van der Waals surface area (Å²) in [6, 6.07) is 12.4. The zero-order valence-corrected chi connectivity index (χ0v) is 14.3. The Morgan fingerprint density at radius 1 is 1.31 bits per heavy atom. The van der Waals surface area contributed by atoms with Gasteiger partial charge in [-0.25, -0.2) is 9.78 Å². The van der Waals surface area contributed by atoms with Crippen LogP contribution in [0.5, 0.6) is 0 Å². The number of alkyl halides is 2. The average Bonchev–Trinajstić information content (AvgIpc) is 3.02. The van der Waals surface area contributed by atoms with Gasteiger partial charge in [0.25, 0.3) is 0 Å². The van der Waals surface area contributed by atoms with Crippen LogP contribution in [0.25, 0.3) is 16.5 Å². The third kappa shape index (κ3) is 3.04. The number of hydrogen-bond acceptors (Lipinski definition) is 4. The fourth-order valence-electron chi connectivity index (χ4n) is 2.60. The van der Waals surface area contributed by atoms with E-state index in [1.54, 1.807) is 50.5 Å². The molecule has 1 radical (unpaired) electrons. The van der Waals surface area contributed by atoms with Crippen molar-refractivity contribution >= 4 is 41.4 Å². The van der Waals surface area contributed by atoms with Gasteiger partial charge in [-0.15, -0.1) is 0 Å². The number of nitriles is 1. The molecule has 129 valence electrons. The Kier molecular flexibility index (Phi) is 4.70. The molecule has 26 heavy (non-hydrogen) atoms. The van der Waals surface area contributed by atoms with E-state index in [1.807, 2.05) is 0 Å². The van der Waals surface area contributed by atoms with Crippen LogP contribution in [0.2, 0.25) is 6.82 Å². The van der Waals surface area contributed by atoms with E-state index >= 15 is 0 Å². The summed E-state index contributed by atoms with van der Waals surface area (Å²) in [5.41, 5.74) is 1.52. The number of thioether (sulfide) groups is 1. The Balaban J connectivity index is 2.25. The highest BCUT2D eigenvalue weighted by Crippen LogP contribution is 2.37. The maximum Gasteiger partial charge on any atom is 0.395 e. The van der Waals surface area contributed by atoms with Gasteiger partial charge in [0.05, 0.1) is 17.3 Å². The fraction of sp³-hybridized carbons (Fsp3) is 0.118. The highest BCUT2D eigenvalue weighted by molar-refractivity contribution is 8.00. The lowest BCUT2D eigenvalue weighted by atomic mass is 9.78. The first-order valence-electron chi connectivity index (χ1n) is 7.48. The third-order valence-corrected chi connectivity index (χ3v) is 4.68. The number of rotatable bonds is 5. The van der Waals surface area contributed by atoms with Crippen molar-refractivity contribution in [3.8, 4) is 11.8 Å². The zero-order valence-electron chi connectivity index (χ0n) is 13.5. The maximum atomic E-state index is 13.7. The molecule has 0 bridgehead atoms. The third-order valence-electron chi connectivity index (χ3n) is 3.78. The Hall–Kier alpha value is -2.86. The summed E-state index contributed by atoms with van der Waals surface area (Å²) in [5.74, 6) is -2.23. The molecule has 3 rings (SSSR count). The van der Waals surface area contributed by atoms with Crippen LogP contribution in [0.4, 0.5) is 8.78 Å². The molecule has 5 nitrogen and oxygen atoms in total. The molecule has 3 aromatic rings. The number of carbonyl (C=O) groups is 1. The Bertz CT molecular complexity index is 1050. The van der Waals surface area contributed by atoms with E-state index in [9.17, 15) is 18.8 Å². The lowest BCUT2D eigenvalue weighted by molar-refractivity contribution is -0.152. The van der Waals surface area contributed by atoms with E-state index in [4.69, 9.17) is 5.11 Å². The van der Waals surface area contributed by atoms with Gasteiger partial charge in [-0.2, -0.15) is 14.0 Å². The summed E-state index contributed by atoms with van der Waals surface area (Å²) < 4.78 is 28.9. The van der Waals surface area contributed by atoms with Crippen molar-refractivity contribution in [1.29, 1.82) is 5.26 Å². The molecule has 0 saturated heterocycles. The van der Waals surface area contributed by atoms with Gasteiger partial charge in [-0.3, -0.25) is 0 Å². The number of fused-ring (bicyclic) bond motifs is 1. The molecule has 0 spiro atoms. The van der Waals surface area contributed by atoms with Gasteiger partial charge < -0.3 is 9.67 Å². The minimum atomic E-state index is -4.02. The monoisotopic (exact) mass is 370 g/mol. The molecule has 0 fully saturated rings. The van der Waals surface area contributed by atoms with Crippen LogP contribution in [-0.2, 0) is 4.79 Å². The van der Waals surface area contributed by atoms with Crippen molar-refractivity contribution in [3.63, 3.8) is 0 Å². The van der Waals surface area contributed by atoms with Gasteiger partial charge in [0, 0.05) is 17.0 Å². The summed E-state index contributed by atoms with van der Waals surface area (Å²) in [6.07, 6.45) is 1.40. The molecule has 1 N–H and O–H groups in total.